The monoisotopic (exact) mass is 457 g/mol. The van der Waals surface area contributed by atoms with Gasteiger partial charge in [-0.3, -0.25) is 9.36 Å². The van der Waals surface area contributed by atoms with Crippen LogP contribution in [-0.2, 0) is 15.9 Å². The van der Waals surface area contributed by atoms with E-state index in [2.05, 4.69) is 6.58 Å². The number of nitrogens with zero attached hydrogens (tertiary/aromatic N) is 3. The van der Waals surface area contributed by atoms with E-state index in [1.54, 1.807) is 4.90 Å². The van der Waals surface area contributed by atoms with E-state index in [1.807, 2.05) is 100 Å². The number of rotatable bonds is 5. The molecule has 0 spiro atoms. The molecule has 0 aromatic heterocycles. The summed E-state index contributed by atoms with van der Waals surface area (Å²) < 4.78 is 19.2. The van der Waals surface area contributed by atoms with Crippen LogP contribution in [0.3, 0.4) is 0 Å². The fourth-order valence-electron chi connectivity index (χ4n) is 4.89. The molecule has 2 aliphatic rings. The third-order valence-electron chi connectivity index (χ3n) is 6.49. The van der Waals surface area contributed by atoms with Gasteiger partial charge in [-0.15, -0.1) is 0 Å². The van der Waals surface area contributed by atoms with E-state index in [0.29, 0.717) is 26.1 Å². The second-order valence-electron chi connectivity index (χ2n) is 8.56. The van der Waals surface area contributed by atoms with Gasteiger partial charge in [0.2, 0.25) is 5.91 Å². The number of hydrogen-bond donors (Lipinski definition) is 0. The summed E-state index contributed by atoms with van der Waals surface area (Å²) in [4.78, 5) is 15.5. The molecule has 2 fully saturated rings. The van der Waals surface area contributed by atoms with Crippen LogP contribution >= 0.6 is 7.44 Å². The van der Waals surface area contributed by atoms with E-state index in [1.165, 1.54) is 0 Å². The molecule has 0 N–H and O–H groups in total. The van der Waals surface area contributed by atoms with Gasteiger partial charge in [-0.2, -0.15) is 0 Å². The number of carbonyl (C=O) groups is 1. The van der Waals surface area contributed by atoms with E-state index < -0.39 is 13.1 Å². The molecule has 3 aromatic rings. The van der Waals surface area contributed by atoms with Crippen LogP contribution in [0.4, 0.5) is 11.4 Å². The summed E-state index contributed by atoms with van der Waals surface area (Å²) in [6.45, 7) is 5.96. The van der Waals surface area contributed by atoms with E-state index >= 15 is 4.57 Å². The first-order valence-corrected chi connectivity index (χ1v) is 13.1. The van der Waals surface area contributed by atoms with Crippen molar-refractivity contribution in [3.63, 3.8) is 0 Å². The van der Waals surface area contributed by atoms with Crippen molar-refractivity contribution in [2.45, 2.75) is 25.0 Å². The van der Waals surface area contributed by atoms with Gasteiger partial charge in [0.25, 0.3) is 7.44 Å². The van der Waals surface area contributed by atoms with Crippen molar-refractivity contribution in [3.05, 3.63) is 109 Å². The van der Waals surface area contributed by atoms with Gasteiger partial charge >= 0.3 is 0 Å². The molecule has 1 atom stereocenters. The molecule has 0 aliphatic carbocycles. The van der Waals surface area contributed by atoms with Crippen LogP contribution in [0.25, 0.3) is 0 Å². The molecule has 2 aliphatic heterocycles. The van der Waals surface area contributed by atoms with Crippen molar-refractivity contribution in [2.75, 3.05) is 22.4 Å². The molecular formula is C27H28N3O2P. The fourth-order valence-corrected chi connectivity index (χ4v) is 8.48. The van der Waals surface area contributed by atoms with Crippen molar-refractivity contribution in [2.24, 2.45) is 0 Å². The molecule has 1 unspecified atom stereocenters. The molecule has 168 valence electrons. The Hall–Kier alpha value is -3.30. The summed E-state index contributed by atoms with van der Waals surface area (Å²) in [6.07, 6.45) is 1.26. The molecule has 6 heteroatoms. The highest BCUT2D eigenvalue weighted by molar-refractivity contribution is 7.69. The highest BCUT2D eigenvalue weighted by Gasteiger charge is 2.54. The van der Waals surface area contributed by atoms with Crippen LogP contribution in [0.2, 0.25) is 0 Å². The Bertz CT molecular complexity index is 1130. The van der Waals surface area contributed by atoms with Gasteiger partial charge in [0.05, 0.1) is 6.54 Å². The molecule has 0 radical (unpaired) electrons. The number of benzene rings is 3. The van der Waals surface area contributed by atoms with Gasteiger partial charge < -0.3 is 14.2 Å². The summed E-state index contributed by atoms with van der Waals surface area (Å²) in [7, 11) is -3.35. The summed E-state index contributed by atoms with van der Waals surface area (Å²) in [6, 6.07) is 29.6. The number of amides is 1. The minimum atomic E-state index is -3.35. The molecule has 0 saturated carbocycles. The number of likely N-dealkylation sites (tertiary alicyclic amines) is 1. The van der Waals surface area contributed by atoms with Crippen LogP contribution in [0.5, 0.6) is 0 Å². The van der Waals surface area contributed by atoms with Crippen LogP contribution < -0.4 is 9.34 Å². The highest BCUT2D eigenvalue weighted by Crippen LogP contribution is 2.65. The maximum Gasteiger partial charge on any atom is 0.275 e. The van der Waals surface area contributed by atoms with Crippen molar-refractivity contribution < 1.29 is 9.36 Å². The summed E-state index contributed by atoms with van der Waals surface area (Å²) in [5.74, 6) is -0.101. The van der Waals surface area contributed by atoms with Gasteiger partial charge in [-0.05, 0) is 36.2 Å². The minimum absolute atomic E-state index is 0.101. The maximum atomic E-state index is 15.2. The molecule has 3 aromatic carbocycles. The van der Waals surface area contributed by atoms with Crippen LogP contribution in [-0.4, -0.2) is 29.6 Å². The average molecular weight is 458 g/mol. The largest absolute Gasteiger partial charge is 0.312 e. The van der Waals surface area contributed by atoms with E-state index in [-0.39, 0.29) is 5.91 Å². The Kier molecular flexibility index (Phi) is 5.82. The van der Waals surface area contributed by atoms with Crippen molar-refractivity contribution in [1.29, 1.82) is 0 Å². The van der Waals surface area contributed by atoms with Crippen LogP contribution in [0.1, 0.15) is 18.4 Å². The third kappa shape index (κ3) is 3.87. The van der Waals surface area contributed by atoms with Gasteiger partial charge in [-0.1, -0.05) is 73.3 Å². The molecule has 2 saturated heterocycles. The quantitative estimate of drug-likeness (QED) is 0.447. The van der Waals surface area contributed by atoms with Gasteiger partial charge in [0, 0.05) is 36.6 Å². The molecule has 1 amide bonds. The number of carbonyl (C=O) groups excluding carboxylic acids is 1. The number of para-hydroxylation sites is 2. The number of hydrogen-bond acceptors (Lipinski definition) is 2. The normalized spacial score (nSPS) is 20.4. The lowest BCUT2D eigenvalue weighted by Gasteiger charge is -2.47. The molecule has 33 heavy (non-hydrogen) atoms. The Morgan fingerprint density at radius 1 is 0.788 bits per heavy atom. The highest BCUT2D eigenvalue weighted by atomic mass is 31.2. The third-order valence-corrected chi connectivity index (χ3v) is 9.95. The Morgan fingerprint density at radius 3 is 1.79 bits per heavy atom. The first-order chi connectivity index (χ1) is 16.1. The standard InChI is InChI=1S/C27H28N3O2P/c1-22-20-26(27(31)28(22)21-23-12-5-2-6-13-23)33(32)29(24-14-7-3-8-15-24)18-11-19-30(33)25-16-9-4-10-17-25/h2-10,12-17,26H,1,11,18-21H2. The first kappa shape index (κ1) is 21.5. The maximum absolute atomic E-state index is 15.2. The minimum Gasteiger partial charge on any atom is -0.312 e. The molecule has 2 heterocycles. The lowest BCUT2D eigenvalue weighted by atomic mass is 10.2. The molecule has 5 nitrogen and oxygen atoms in total. The van der Waals surface area contributed by atoms with E-state index in [0.717, 1.165) is 29.1 Å². The smallest absolute Gasteiger partial charge is 0.275 e. The lowest BCUT2D eigenvalue weighted by molar-refractivity contribution is -0.126. The number of anilines is 2. The zero-order chi connectivity index (χ0) is 22.8. The lowest BCUT2D eigenvalue weighted by Crippen LogP contribution is -2.45. The Labute approximate surface area is 195 Å². The zero-order valence-corrected chi connectivity index (χ0v) is 19.5. The topological polar surface area (TPSA) is 43.9 Å². The fraction of sp³-hybridized carbons (Fsp3) is 0.222. The van der Waals surface area contributed by atoms with Crippen molar-refractivity contribution >= 4 is 24.7 Å². The summed E-state index contributed by atoms with van der Waals surface area (Å²) >= 11 is 0. The second kappa shape index (κ2) is 8.92. The van der Waals surface area contributed by atoms with Crippen LogP contribution in [0.15, 0.2) is 103 Å². The zero-order valence-electron chi connectivity index (χ0n) is 18.6. The van der Waals surface area contributed by atoms with Gasteiger partial charge in [0.1, 0.15) is 5.66 Å². The van der Waals surface area contributed by atoms with Gasteiger partial charge in [-0.25, -0.2) is 0 Å². The summed E-state index contributed by atoms with van der Waals surface area (Å²) in [5.41, 5.74) is 2.89. The molecular weight excluding hydrogens is 429 g/mol. The molecule has 0 bridgehead atoms. The SMILES string of the molecule is C=C1CC(P2(=O)N(c3ccccc3)CCCN2c2ccccc2)C(=O)N1Cc1ccccc1. The summed E-state index contributed by atoms with van der Waals surface area (Å²) in [5, 5.41) is 0. The van der Waals surface area contributed by atoms with E-state index in [9.17, 15) is 4.79 Å². The van der Waals surface area contributed by atoms with E-state index in [4.69, 9.17) is 0 Å². The molecule has 5 rings (SSSR count). The predicted molar refractivity (Wildman–Crippen MR) is 134 cm³/mol. The van der Waals surface area contributed by atoms with Gasteiger partial charge in [0.15, 0.2) is 0 Å². The predicted octanol–water partition coefficient (Wildman–Crippen LogP) is 5.91. The van der Waals surface area contributed by atoms with Crippen molar-refractivity contribution in [3.8, 4) is 0 Å². The Morgan fingerprint density at radius 2 is 1.27 bits per heavy atom. The number of allylic oxidation sites excluding steroid dienone is 1. The average Bonchev–Trinajstić information content (AvgIpc) is 3.15. The van der Waals surface area contributed by atoms with Crippen molar-refractivity contribution in [1.82, 2.24) is 4.90 Å². The second-order valence-corrected chi connectivity index (χ2v) is 11.3. The first-order valence-electron chi connectivity index (χ1n) is 11.4. The Balaban J connectivity index is 1.56. The van der Waals surface area contributed by atoms with Crippen LogP contribution in [0, 0.1) is 0 Å².